The number of nitrogens with zero attached hydrogens (tertiary/aromatic N) is 1. The molecule has 3 heteroatoms. The fourth-order valence-electron chi connectivity index (χ4n) is 3.20. The van der Waals surface area contributed by atoms with Crippen molar-refractivity contribution in [3.05, 3.63) is 65.7 Å². The van der Waals surface area contributed by atoms with Crippen molar-refractivity contribution in [1.82, 2.24) is 4.90 Å². The standard InChI is InChI=1S/C21H25NO2/c1-2-17-9-6-14-22(15-17)21(23)19-10-12-20(13-11-19)24-16-18-7-4-3-5-8-18/h3-5,7-8,10-13,17H,2,6,9,14-16H2,1H3. The van der Waals surface area contributed by atoms with Gasteiger partial charge in [-0.05, 0) is 48.6 Å². The number of likely N-dealkylation sites (tertiary alicyclic amines) is 1. The van der Waals surface area contributed by atoms with Crippen molar-refractivity contribution in [3.8, 4) is 5.75 Å². The number of carbonyl (C=O) groups is 1. The predicted octanol–water partition coefficient (Wildman–Crippen LogP) is 4.53. The van der Waals surface area contributed by atoms with Crippen LogP contribution in [0.5, 0.6) is 5.75 Å². The molecule has 0 aromatic heterocycles. The van der Waals surface area contributed by atoms with Crippen LogP contribution in [0.25, 0.3) is 0 Å². The van der Waals surface area contributed by atoms with Crippen molar-refractivity contribution in [1.29, 1.82) is 0 Å². The van der Waals surface area contributed by atoms with Crippen molar-refractivity contribution in [3.63, 3.8) is 0 Å². The Morgan fingerprint density at radius 1 is 1.12 bits per heavy atom. The van der Waals surface area contributed by atoms with Gasteiger partial charge in [-0.2, -0.15) is 0 Å². The van der Waals surface area contributed by atoms with Crippen LogP contribution in [0.15, 0.2) is 54.6 Å². The summed E-state index contributed by atoms with van der Waals surface area (Å²) in [7, 11) is 0. The molecule has 0 N–H and O–H groups in total. The van der Waals surface area contributed by atoms with Gasteiger partial charge in [0.05, 0.1) is 0 Å². The lowest BCUT2D eigenvalue weighted by Crippen LogP contribution is -2.39. The molecule has 1 amide bonds. The summed E-state index contributed by atoms with van der Waals surface area (Å²) in [5.41, 5.74) is 1.88. The molecule has 126 valence electrons. The molecule has 0 aliphatic carbocycles. The number of hydrogen-bond donors (Lipinski definition) is 0. The highest BCUT2D eigenvalue weighted by Gasteiger charge is 2.23. The Morgan fingerprint density at radius 3 is 2.58 bits per heavy atom. The van der Waals surface area contributed by atoms with Crippen LogP contribution >= 0.6 is 0 Å². The zero-order valence-corrected chi connectivity index (χ0v) is 14.3. The monoisotopic (exact) mass is 323 g/mol. The Labute approximate surface area is 144 Å². The first-order valence-corrected chi connectivity index (χ1v) is 8.82. The minimum Gasteiger partial charge on any atom is -0.489 e. The number of hydrogen-bond acceptors (Lipinski definition) is 2. The van der Waals surface area contributed by atoms with E-state index in [0.717, 1.165) is 42.8 Å². The second-order valence-electron chi connectivity index (χ2n) is 6.47. The molecule has 24 heavy (non-hydrogen) atoms. The summed E-state index contributed by atoms with van der Waals surface area (Å²) < 4.78 is 5.78. The SMILES string of the molecule is CCC1CCCN(C(=O)c2ccc(OCc3ccccc3)cc2)C1. The van der Waals surface area contributed by atoms with Crippen LogP contribution in [0.3, 0.4) is 0 Å². The molecule has 1 saturated heterocycles. The molecule has 3 rings (SSSR count). The number of ether oxygens (including phenoxy) is 1. The van der Waals surface area contributed by atoms with Crippen molar-refractivity contribution in [2.45, 2.75) is 32.8 Å². The lowest BCUT2D eigenvalue weighted by Gasteiger charge is -2.32. The number of carbonyl (C=O) groups excluding carboxylic acids is 1. The maximum atomic E-state index is 12.6. The summed E-state index contributed by atoms with van der Waals surface area (Å²) >= 11 is 0. The topological polar surface area (TPSA) is 29.5 Å². The maximum Gasteiger partial charge on any atom is 0.253 e. The van der Waals surface area contributed by atoms with Crippen molar-refractivity contribution in [2.24, 2.45) is 5.92 Å². The van der Waals surface area contributed by atoms with Crippen LogP contribution < -0.4 is 4.74 Å². The van der Waals surface area contributed by atoms with E-state index in [1.54, 1.807) is 0 Å². The lowest BCUT2D eigenvalue weighted by molar-refractivity contribution is 0.0671. The van der Waals surface area contributed by atoms with Gasteiger partial charge in [0.25, 0.3) is 5.91 Å². The summed E-state index contributed by atoms with van der Waals surface area (Å²) in [6.07, 6.45) is 3.51. The Kier molecular flexibility index (Phi) is 5.52. The molecule has 2 aromatic carbocycles. The van der Waals surface area contributed by atoms with Gasteiger partial charge >= 0.3 is 0 Å². The molecule has 0 spiro atoms. The summed E-state index contributed by atoms with van der Waals surface area (Å²) in [6.45, 7) is 4.51. The average Bonchev–Trinajstić information content (AvgIpc) is 2.67. The third-order valence-corrected chi connectivity index (χ3v) is 4.73. The summed E-state index contributed by atoms with van der Waals surface area (Å²) in [4.78, 5) is 14.6. The molecule has 1 aliphatic rings. The summed E-state index contributed by atoms with van der Waals surface area (Å²) in [5, 5.41) is 0. The molecular weight excluding hydrogens is 298 g/mol. The number of amides is 1. The largest absolute Gasteiger partial charge is 0.489 e. The average molecular weight is 323 g/mol. The zero-order valence-electron chi connectivity index (χ0n) is 14.3. The Morgan fingerprint density at radius 2 is 1.88 bits per heavy atom. The van der Waals surface area contributed by atoms with Gasteiger partial charge in [-0.15, -0.1) is 0 Å². The quantitative estimate of drug-likeness (QED) is 0.809. The highest BCUT2D eigenvalue weighted by molar-refractivity contribution is 5.94. The Balaban J connectivity index is 1.58. The molecule has 0 saturated carbocycles. The minimum atomic E-state index is 0.141. The first-order valence-electron chi connectivity index (χ1n) is 8.82. The van der Waals surface area contributed by atoms with Gasteiger partial charge < -0.3 is 9.64 Å². The Bertz CT molecular complexity index is 651. The maximum absolute atomic E-state index is 12.6. The van der Waals surface area contributed by atoms with Crippen LogP contribution in [-0.4, -0.2) is 23.9 Å². The van der Waals surface area contributed by atoms with E-state index in [-0.39, 0.29) is 5.91 Å². The van der Waals surface area contributed by atoms with E-state index < -0.39 is 0 Å². The predicted molar refractivity (Wildman–Crippen MR) is 96.1 cm³/mol. The van der Waals surface area contributed by atoms with E-state index in [9.17, 15) is 4.79 Å². The lowest BCUT2D eigenvalue weighted by atomic mass is 9.95. The Hall–Kier alpha value is -2.29. The van der Waals surface area contributed by atoms with E-state index >= 15 is 0 Å². The first-order chi connectivity index (χ1) is 11.8. The van der Waals surface area contributed by atoms with Crippen LogP contribution in [0.1, 0.15) is 42.1 Å². The smallest absolute Gasteiger partial charge is 0.253 e. The normalized spacial score (nSPS) is 17.5. The van der Waals surface area contributed by atoms with Crippen molar-refractivity contribution in [2.75, 3.05) is 13.1 Å². The van der Waals surface area contributed by atoms with Crippen LogP contribution in [0.4, 0.5) is 0 Å². The third-order valence-electron chi connectivity index (χ3n) is 4.73. The molecule has 1 aliphatic heterocycles. The molecule has 3 nitrogen and oxygen atoms in total. The highest BCUT2D eigenvalue weighted by Crippen LogP contribution is 2.22. The molecule has 1 heterocycles. The van der Waals surface area contributed by atoms with E-state index in [1.165, 1.54) is 6.42 Å². The van der Waals surface area contributed by atoms with E-state index in [4.69, 9.17) is 4.74 Å². The van der Waals surface area contributed by atoms with Gasteiger partial charge in [0.1, 0.15) is 12.4 Å². The van der Waals surface area contributed by atoms with E-state index in [2.05, 4.69) is 6.92 Å². The molecule has 1 fully saturated rings. The molecule has 0 bridgehead atoms. The molecule has 1 atom stereocenters. The van der Waals surface area contributed by atoms with Crippen LogP contribution in [-0.2, 0) is 6.61 Å². The van der Waals surface area contributed by atoms with Gasteiger partial charge in [-0.25, -0.2) is 0 Å². The van der Waals surface area contributed by atoms with Gasteiger partial charge in [0.2, 0.25) is 0 Å². The fourth-order valence-corrected chi connectivity index (χ4v) is 3.20. The van der Waals surface area contributed by atoms with E-state index in [0.29, 0.717) is 12.5 Å². The number of benzene rings is 2. The highest BCUT2D eigenvalue weighted by atomic mass is 16.5. The van der Waals surface area contributed by atoms with Crippen molar-refractivity contribution < 1.29 is 9.53 Å². The molecule has 0 radical (unpaired) electrons. The number of rotatable bonds is 5. The van der Waals surface area contributed by atoms with Crippen LogP contribution in [0.2, 0.25) is 0 Å². The van der Waals surface area contributed by atoms with Crippen molar-refractivity contribution >= 4 is 5.91 Å². The number of piperidine rings is 1. The third kappa shape index (κ3) is 4.16. The van der Waals surface area contributed by atoms with E-state index in [1.807, 2.05) is 59.5 Å². The summed E-state index contributed by atoms with van der Waals surface area (Å²) in [6, 6.07) is 17.6. The second-order valence-corrected chi connectivity index (χ2v) is 6.47. The van der Waals surface area contributed by atoms with Gasteiger partial charge in [0.15, 0.2) is 0 Å². The molecule has 2 aromatic rings. The molecule has 1 unspecified atom stereocenters. The second kappa shape index (κ2) is 8.00. The summed E-state index contributed by atoms with van der Waals surface area (Å²) in [5.74, 6) is 1.58. The van der Waals surface area contributed by atoms with Gasteiger partial charge in [-0.1, -0.05) is 43.7 Å². The van der Waals surface area contributed by atoms with Crippen LogP contribution in [0, 0.1) is 5.92 Å². The first kappa shape index (κ1) is 16.6. The fraction of sp³-hybridized carbons (Fsp3) is 0.381. The minimum absolute atomic E-state index is 0.141. The van der Waals surface area contributed by atoms with Gasteiger partial charge in [-0.3, -0.25) is 4.79 Å². The molecular formula is C21H25NO2. The zero-order chi connectivity index (χ0) is 16.8. The van der Waals surface area contributed by atoms with Gasteiger partial charge in [0, 0.05) is 18.7 Å².